The van der Waals surface area contributed by atoms with Gasteiger partial charge in [-0.2, -0.15) is 0 Å². The minimum absolute atomic E-state index is 1.03. The van der Waals surface area contributed by atoms with Gasteiger partial charge in [0.25, 0.3) is 0 Å². The highest BCUT2D eigenvalue weighted by Gasteiger charge is 2.10. The van der Waals surface area contributed by atoms with Gasteiger partial charge >= 0.3 is 0 Å². The fourth-order valence-corrected chi connectivity index (χ4v) is 2.44. The lowest BCUT2D eigenvalue weighted by molar-refractivity contribution is 0.285. The van der Waals surface area contributed by atoms with E-state index in [1.54, 1.807) is 0 Å². The summed E-state index contributed by atoms with van der Waals surface area (Å²) in [5, 5.41) is 3.44. The summed E-state index contributed by atoms with van der Waals surface area (Å²) in [5.74, 6) is 0. The molecule has 0 spiro atoms. The summed E-state index contributed by atoms with van der Waals surface area (Å²) < 4.78 is 2.09. The van der Waals surface area contributed by atoms with Crippen molar-refractivity contribution in [1.29, 1.82) is 0 Å². The summed E-state index contributed by atoms with van der Waals surface area (Å²) in [5.41, 5.74) is 2.59. The molecular formula is C13H18N4. The van der Waals surface area contributed by atoms with E-state index >= 15 is 0 Å². The van der Waals surface area contributed by atoms with Crippen molar-refractivity contribution in [3.8, 4) is 0 Å². The van der Waals surface area contributed by atoms with E-state index in [1.807, 2.05) is 12.5 Å². The van der Waals surface area contributed by atoms with E-state index in [1.165, 1.54) is 24.0 Å². The number of hydrogen-bond acceptors (Lipinski definition) is 3. The van der Waals surface area contributed by atoms with Crippen LogP contribution in [0.4, 0.5) is 0 Å². The minimum atomic E-state index is 1.03. The van der Waals surface area contributed by atoms with Crippen LogP contribution in [-0.2, 0) is 6.54 Å². The van der Waals surface area contributed by atoms with Crippen molar-refractivity contribution in [2.75, 3.05) is 26.2 Å². The quantitative estimate of drug-likeness (QED) is 0.839. The second-order valence-electron chi connectivity index (χ2n) is 4.60. The Kier molecular flexibility index (Phi) is 3.07. The molecule has 0 atom stereocenters. The molecule has 0 aliphatic carbocycles. The fourth-order valence-electron chi connectivity index (χ4n) is 2.44. The zero-order chi connectivity index (χ0) is 11.5. The summed E-state index contributed by atoms with van der Waals surface area (Å²) >= 11 is 0. The highest BCUT2D eigenvalue weighted by Crippen LogP contribution is 2.13. The molecule has 4 nitrogen and oxygen atoms in total. The topological polar surface area (TPSA) is 32.6 Å². The molecule has 17 heavy (non-hydrogen) atoms. The molecule has 2 aromatic heterocycles. The zero-order valence-corrected chi connectivity index (χ0v) is 9.97. The van der Waals surface area contributed by atoms with Crippen LogP contribution in [0.15, 0.2) is 30.9 Å². The Morgan fingerprint density at radius 1 is 1.29 bits per heavy atom. The molecule has 1 aliphatic rings. The molecule has 1 fully saturated rings. The van der Waals surface area contributed by atoms with Crippen LogP contribution in [0.25, 0.3) is 5.52 Å². The van der Waals surface area contributed by atoms with Crippen molar-refractivity contribution >= 4 is 5.52 Å². The number of hydrogen-bond donors (Lipinski definition) is 1. The summed E-state index contributed by atoms with van der Waals surface area (Å²) in [7, 11) is 0. The van der Waals surface area contributed by atoms with E-state index in [9.17, 15) is 0 Å². The SMILES string of the molecule is c1cc(CN2CCCNCC2)c2cncn2c1. The Bertz CT molecular complexity index is 483. The van der Waals surface area contributed by atoms with Gasteiger partial charge in [-0.15, -0.1) is 0 Å². The maximum Gasteiger partial charge on any atom is 0.0992 e. The van der Waals surface area contributed by atoms with E-state index in [-0.39, 0.29) is 0 Å². The first-order chi connectivity index (χ1) is 8.43. The maximum absolute atomic E-state index is 4.21. The molecule has 1 N–H and O–H groups in total. The maximum atomic E-state index is 4.21. The summed E-state index contributed by atoms with van der Waals surface area (Å²) in [4.78, 5) is 6.72. The van der Waals surface area contributed by atoms with Gasteiger partial charge in [0.15, 0.2) is 0 Å². The van der Waals surface area contributed by atoms with Gasteiger partial charge in [0, 0.05) is 25.8 Å². The third-order valence-electron chi connectivity index (χ3n) is 3.37. The lowest BCUT2D eigenvalue weighted by Gasteiger charge is -2.19. The number of nitrogens with zero attached hydrogens (tertiary/aromatic N) is 3. The average molecular weight is 230 g/mol. The highest BCUT2D eigenvalue weighted by atomic mass is 15.1. The number of nitrogens with one attached hydrogen (secondary N) is 1. The molecule has 0 saturated carbocycles. The number of imidazole rings is 1. The second-order valence-corrected chi connectivity index (χ2v) is 4.60. The van der Waals surface area contributed by atoms with Gasteiger partial charge in [-0.1, -0.05) is 6.07 Å². The first-order valence-corrected chi connectivity index (χ1v) is 6.26. The Morgan fingerprint density at radius 2 is 2.29 bits per heavy atom. The monoisotopic (exact) mass is 230 g/mol. The fraction of sp³-hybridized carbons (Fsp3) is 0.462. The summed E-state index contributed by atoms with van der Waals surface area (Å²) in [6, 6.07) is 4.30. The zero-order valence-electron chi connectivity index (χ0n) is 9.97. The van der Waals surface area contributed by atoms with E-state index in [0.29, 0.717) is 0 Å². The number of aromatic nitrogens is 2. The molecule has 0 amide bonds. The van der Waals surface area contributed by atoms with Crippen molar-refractivity contribution < 1.29 is 0 Å². The van der Waals surface area contributed by atoms with E-state index in [4.69, 9.17) is 0 Å². The Balaban J connectivity index is 1.81. The van der Waals surface area contributed by atoms with Crippen LogP contribution < -0.4 is 5.32 Å². The van der Waals surface area contributed by atoms with Crippen LogP contribution in [0.3, 0.4) is 0 Å². The van der Waals surface area contributed by atoms with Crippen LogP contribution in [0.2, 0.25) is 0 Å². The second kappa shape index (κ2) is 4.85. The molecular weight excluding hydrogens is 212 g/mol. The number of pyridine rings is 1. The predicted octanol–water partition coefficient (Wildman–Crippen LogP) is 1.13. The van der Waals surface area contributed by atoms with Crippen LogP contribution in [-0.4, -0.2) is 40.5 Å². The largest absolute Gasteiger partial charge is 0.315 e. The molecule has 1 saturated heterocycles. The van der Waals surface area contributed by atoms with E-state index in [2.05, 4.69) is 37.9 Å². The molecule has 0 radical (unpaired) electrons. The van der Waals surface area contributed by atoms with Crippen LogP contribution >= 0.6 is 0 Å². The number of rotatable bonds is 2. The van der Waals surface area contributed by atoms with Crippen LogP contribution in [0.5, 0.6) is 0 Å². The predicted molar refractivity (Wildman–Crippen MR) is 68.0 cm³/mol. The average Bonchev–Trinajstić information content (AvgIpc) is 2.69. The lowest BCUT2D eigenvalue weighted by atomic mass is 10.2. The molecule has 90 valence electrons. The van der Waals surface area contributed by atoms with Gasteiger partial charge in [0.05, 0.1) is 18.0 Å². The van der Waals surface area contributed by atoms with Gasteiger partial charge in [-0.3, -0.25) is 4.90 Å². The van der Waals surface area contributed by atoms with Gasteiger partial charge < -0.3 is 9.72 Å². The van der Waals surface area contributed by atoms with Gasteiger partial charge in [0.1, 0.15) is 0 Å². The molecule has 2 aromatic rings. The highest BCUT2D eigenvalue weighted by molar-refractivity contribution is 5.52. The van der Waals surface area contributed by atoms with Crippen molar-refractivity contribution in [3.63, 3.8) is 0 Å². The van der Waals surface area contributed by atoms with E-state index < -0.39 is 0 Å². The van der Waals surface area contributed by atoms with Gasteiger partial charge in [-0.25, -0.2) is 4.98 Å². The molecule has 3 rings (SSSR count). The van der Waals surface area contributed by atoms with Gasteiger partial charge in [-0.05, 0) is 31.1 Å². The first-order valence-electron chi connectivity index (χ1n) is 6.26. The Hall–Kier alpha value is -1.39. The van der Waals surface area contributed by atoms with Crippen molar-refractivity contribution in [3.05, 3.63) is 36.4 Å². The van der Waals surface area contributed by atoms with E-state index in [0.717, 1.165) is 26.2 Å². The Morgan fingerprint density at radius 3 is 3.29 bits per heavy atom. The minimum Gasteiger partial charge on any atom is -0.315 e. The van der Waals surface area contributed by atoms with Crippen molar-refractivity contribution in [2.24, 2.45) is 0 Å². The van der Waals surface area contributed by atoms with Crippen LogP contribution in [0, 0.1) is 0 Å². The summed E-state index contributed by atoms with van der Waals surface area (Å²) in [6.45, 7) is 5.59. The molecule has 0 aromatic carbocycles. The van der Waals surface area contributed by atoms with Gasteiger partial charge in [0.2, 0.25) is 0 Å². The lowest BCUT2D eigenvalue weighted by Crippen LogP contribution is -2.27. The molecule has 0 bridgehead atoms. The first kappa shape index (κ1) is 10.7. The standard InChI is InChI=1S/C13H18N4/c1-3-12(13-9-15-11-17(13)7-1)10-16-6-2-4-14-5-8-16/h1,3,7,9,11,14H,2,4-6,8,10H2. The Labute approximate surface area is 101 Å². The van der Waals surface area contributed by atoms with Crippen molar-refractivity contribution in [1.82, 2.24) is 19.6 Å². The summed E-state index contributed by atoms with van der Waals surface area (Å²) in [6.07, 6.45) is 7.10. The third-order valence-corrected chi connectivity index (χ3v) is 3.37. The molecule has 1 aliphatic heterocycles. The third kappa shape index (κ3) is 2.33. The number of fused-ring (bicyclic) bond motifs is 1. The molecule has 3 heterocycles. The molecule has 0 unspecified atom stereocenters. The normalized spacial score (nSPS) is 18.4. The molecule has 4 heteroatoms. The van der Waals surface area contributed by atoms with Crippen LogP contribution in [0.1, 0.15) is 12.0 Å². The smallest absolute Gasteiger partial charge is 0.0992 e. The van der Waals surface area contributed by atoms with Crippen molar-refractivity contribution in [2.45, 2.75) is 13.0 Å².